The average molecular weight is 567 g/mol. The first-order valence-corrected chi connectivity index (χ1v) is 14.4. The molecule has 1 fully saturated rings. The zero-order valence-corrected chi connectivity index (χ0v) is 23.6. The van der Waals surface area contributed by atoms with Crippen LogP contribution in [-0.2, 0) is 16.0 Å². The summed E-state index contributed by atoms with van der Waals surface area (Å²) in [4.78, 5) is 30.4. The fourth-order valence-electron chi connectivity index (χ4n) is 4.46. The van der Waals surface area contributed by atoms with Gasteiger partial charge in [-0.25, -0.2) is 4.98 Å². The summed E-state index contributed by atoms with van der Waals surface area (Å²) in [5, 5.41) is 12.9. The number of carbonyl (C=O) groups is 1. The Bertz CT molecular complexity index is 1150. The zero-order chi connectivity index (χ0) is 28.5. The Hall–Kier alpha value is -3.81. The summed E-state index contributed by atoms with van der Waals surface area (Å²) in [5.74, 6) is 1.33. The van der Waals surface area contributed by atoms with E-state index in [1.54, 1.807) is 18.3 Å². The fourth-order valence-corrected chi connectivity index (χ4v) is 4.46. The van der Waals surface area contributed by atoms with Crippen molar-refractivity contribution in [3.05, 3.63) is 48.5 Å². The third kappa shape index (κ3) is 10.9. The average Bonchev–Trinajstić information content (AvgIpc) is 3.51. The number of imidazole rings is 1. The first-order chi connectivity index (χ1) is 20.2. The number of carbonyl (C=O) groups excluding carboxylic acids is 1. The molecule has 13 nitrogen and oxygen atoms in total. The molecule has 222 valence electrons. The summed E-state index contributed by atoms with van der Waals surface area (Å²) in [6.45, 7) is 4.35. The van der Waals surface area contributed by atoms with Gasteiger partial charge in [0, 0.05) is 55.9 Å². The van der Waals surface area contributed by atoms with E-state index in [1.807, 2.05) is 29.2 Å². The molecule has 0 saturated heterocycles. The molecule has 1 aromatic carbocycles. The van der Waals surface area contributed by atoms with Gasteiger partial charge in [-0.15, -0.1) is 0 Å². The van der Waals surface area contributed by atoms with E-state index in [-0.39, 0.29) is 5.91 Å². The zero-order valence-electron chi connectivity index (χ0n) is 23.6. The third-order valence-corrected chi connectivity index (χ3v) is 6.58. The molecule has 2 heterocycles. The molecular formula is C28H42N10O3. The highest BCUT2D eigenvalue weighted by atomic mass is 16.5. The van der Waals surface area contributed by atoms with Crippen molar-refractivity contribution in [1.82, 2.24) is 29.8 Å². The standard InChI is InChI=1S/C28H42N10O3/c29-11-17-40-19-20-41-18-14-31-25(39)22-7-9-24(10-8-22)34-28-36-26(32-12-4-15-38-16-13-30-21-38)35-27(37-28)33-23-5-2-1-3-6-23/h7-10,13,16,21,23H,1-6,11-12,14-15,17-20,29H2,(H,31,39)(H3,32,33,34,35,36,37). The molecule has 1 aliphatic rings. The Kier molecular flexibility index (Phi) is 12.6. The van der Waals surface area contributed by atoms with E-state index < -0.39 is 0 Å². The number of nitrogens with two attached hydrogens (primary N) is 1. The van der Waals surface area contributed by atoms with E-state index in [0.717, 1.165) is 31.5 Å². The van der Waals surface area contributed by atoms with Crippen LogP contribution in [0.2, 0.25) is 0 Å². The summed E-state index contributed by atoms with van der Waals surface area (Å²) < 4.78 is 12.7. The number of benzene rings is 1. The van der Waals surface area contributed by atoms with Crippen LogP contribution in [0.1, 0.15) is 48.9 Å². The molecule has 0 radical (unpaired) electrons. The lowest BCUT2D eigenvalue weighted by molar-refractivity contribution is 0.0511. The Morgan fingerprint density at radius 2 is 1.68 bits per heavy atom. The van der Waals surface area contributed by atoms with Gasteiger partial charge in [0.15, 0.2) is 0 Å². The van der Waals surface area contributed by atoms with Crippen molar-refractivity contribution in [2.24, 2.45) is 5.73 Å². The van der Waals surface area contributed by atoms with Gasteiger partial charge in [-0.05, 0) is 43.5 Å². The number of anilines is 4. The van der Waals surface area contributed by atoms with Crippen molar-refractivity contribution in [2.75, 3.05) is 62.0 Å². The molecule has 1 amide bonds. The number of hydrogen-bond donors (Lipinski definition) is 5. The molecule has 0 spiro atoms. The molecule has 0 aliphatic heterocycles. The summed E-state index contributed by atoms with van der Waals surface area (Å²) >= 11 is 0. The molecule has 41 heavy (non-hydrogen) atoms. The lowest BCUT2D eigenvalue weighted by Gasteiger charge is -2.23. The Morgan fingerprint density at radius 3 is 2.44 bits per heavy atom. The Balaban J connectivity index is 1.29. The first-order valence-electron chi connectivity index (χ1n) is 14.4. The van der Waals surface area contributed by atoms with Gasteiger partial charge in [-0.1, -0.05) is 19.3 Å². The van der Waals surface area contributed by atoms with Gasteiger partial charge < -0.3 is 41.0 Å². The van der Waals surface area contributed by atoms with Crippen LogP contribution in [0.15, 0.2) is 43.0 Å². The van der Waals surface area contributed by atoms with Gasteiger partial charge in [0.25, 0.3) is 5.91 Å². The van der Waals surface area contributed by atoms with Gasteiger partial charge >= 0.3 is 0 Å². The molecule has 13 heteroatoms. The Morgan fingerprint density at radius 1 is 0.927 bits per heavy atom. The van der Waals surface area contributed by atoms with Crippen LogP contribution in [0.25, 0.3) is 0 Å². The molecule has 1 aliphatic carbocycles. The number of nitrogens with zero attached hydrogens (tertiary/aromatic N) is 5. The van der Waals surface area contributed by atoms with E-state index in [4.69, 9.17) is 15.2 Å². The third-order valence-electron chi connectivity index (χ3n) is 6.58. The van der Waals surface area contributed by atoms with Gasteiger partial charge in [-0.2, -0.15) is 15.0 Å². The number of hydrogen-bond acceptors (Lipinski definition) is 11. The second-order valence-corrected chi connectivity index (χ2v) is 9.84. The Labute approximate surface area is 241 Å². The number of nitrogens with one attached hydrogen (secondary N) is 4. The monoisotopic (exact) mass is 566 g/mol. The van der Waals surface area contributed by atoms with Crippen molar-refractivity contribution >= 4 is 29.4 Å². The largest absolute Gasteiger partial charge is 0.378 e. The van der Waals surface area contributed by atoms with Crippen LogP contribution in [0.3, 0.4) is 0 Å². The van der Waals surface area contributed by atoms with Gasteiger partial charge in [0.1, 0.15) is 0 Å². The maximum absolute atomic E-state index is 12.5. The highest BCUT2D eigenvalue weighted by Gasteiger charge is 2.16. The van der Waals surface area contributed by atoms with Crippen molar-refractivity contribution in [1.29, 1.82) is 0 Å². The predicted molar refractivity (Wildman–Crippen MR) is 158 cm³/mol. The van der Waals surface area contributed by atoms with E-state index in [9.17, 15) is 4.79 Å². The molecule has 0 unspecified atom stereocenters. The number of ether oxygens (including phenoxy) is 2. The van der Waals surface area contributed by atoms with E-state index in [0.29, 0.717) is 75.5 Å². The van der Waals surface area contributed by atoms with Crippen LogP contribution < -0.4 is 27.0 Å². The van der Waals surface area contributed by atoms with Crippen LogP contribution in [0.5, 0.6) is 0 Å². The van der Waals surface area contributed by atoms with Crippen LogP contribution in [0, 0.1) is 0 Å². The van der Waals surface area contributed by atoms with Gasteiger partial charge in [-0.3, -0.25) is 4.79 Å². The molecule has 3 aromatic rings. The van der Waals surface area contributed by atoms with Crippen LogP contribution in [-0.4, -0.2) is 82.5 Å². The first kappa shape index (κ1) is 30.2. The van der Waals surface area contributed by atoms with Crippen molar-refractivity contribution < 1.29 is 14.3 Å². The minimum Gasteiger partial charge on any atom is -0.378 e. The fraction of sp³-hybridized carbons (Fsp3) is 0.536. The summed E-state index contributed by atoms with van der Waals surface area (Å²) in [5.41, 5.74) is 6.69. The van der Waals surface area contributed by atoms with Crippen molar-refractivity contribution in [2.45, 2.75) is 51.1 Å². The quantitative estimate of drug-likeness (QED) is 0.144. The smallest absolute Gasteiger partial charge is 0.251 e. The molecule has 0 atom stereocenters. The van der Waals surface area contributed by atoms with E-state index >= 15 is 0 Å². The lowest BCUT2D eigenvalue weighted by Crippen LogP contribution is -2.27. The van der Waals surface area contributed by atoms with Gasteiger partial charge in [0.05, 0.1) is 32.8 Å². The predicted octanol–water partition coefficient (Wildman–Crippen LogP) is 2.78. The van der Waals surface area contributed by atoms with Crippen LogP contribution in [0.4, 0.5) is 23.5 Å². The number of rotatable bonds is 18. The second kappa shape index (κ2) is 17.1. The lowest BCUT2D eigenvalue weighted by atomic mass is 9.96. The molecule has 0 bridgehead atoms. The molecule has 1 saturated carbocycles. The summed E-state index contributed by atoms with van der Waals surface area (Å²) in [6.07, 6.45) is 12.4. The number of aryl methyl sites for hydroxylation is 1. The maximum Gasteiger partial charge on any atom is 0.251 e. The van der Waals surface area contributed by atoms with Crippen molar-refractivity contribution in [3.8, 4) is 0 Å². The highest BCUT2D eigenvalue weighted by molar-refractivity contribution is 5.94. The summed E-state index contributed by atoms with van der Waals surface area (Å²) in [6, 6.07) is 7.54. The topological polar surface area (TPSA) is 166 Å². The molecule has 2 aromatic heterocycles. The molecular weight excluding hydrogens is 524 g/mol. The minimum atomic E-state index is -0.166. The number of aromatic nitrogens is 5. The van der Waals surface area contributed by atoms with Crippen molar-refractivity contribution in [3.63, 3.8) is 0 Å². The van der Waals surface area contributed by atoms with Gasteiger partial charge in [0.2, 0.25) is 17.8 Å². The second-order valence-electron chi connectivity index (χ2n) is 9.84. The number of amides is 1. The molecule has 6 N–H and O–H groups in total. The summed E-state index contributed by atoms with van der Waals surface area (Å²) in [7, 11) is 0. The SMILES string of the molecule is NCCOCCOCCNC(=O)c1ccc(Nc2nc(NCCCn3ccnc3)nc(NC3CCCCC3)n2)cc1. The minimum absolute atomic E-state index is 0.166. The van der Waals surface area contributed by atoms with Crippen LogP contribution >= 0.6 is 0 Å². The molecule has 4 rings (SSSR count). The normalized spacial score (nSPS) is 13.6. The maximum atomic E-state index is 12.5. The van der Waals surface area contributed by atoms with E-state index in [1.165, 1.54) is 19.3 Å². The van der Waals surface area contributed by atoms with E-state index in [2.05, 4.69) is 41.2 Å². The highest BCUT2D eigenvalue weighted by Crippen LogP contribution is 2.22.